The zero-order valence-electron chi connectivity index (χ0n) is 11.3. The Hall–Kier alpha value is -1.05. The molecule has 0 amide bonds. The summed E-state index contributed by atoms with van der Waals surface area (Å²) in [6.07, 6.45) is 1.57. The van der Waals surface area contributed by atoms with Crippen molar-refractivity contribution in [1.29, 1.82) is 0 Å². The van der Waals surface area contributed by atoms with Gasteiger partial charge in [0.25, 0.3) is 0 Å². The van der Waals surface area contributed by atoms with Crippen molar-refractivity contribution in [1.82, 2.24) is 4.98 Å². The molecule has 20 heavy (non-hydrogen) atoms. The van der Waals surface area contributed by atoms with Gasteiger partial charge in [-0.1, -0.05) is 6.92 Å². The number of hydrogen-bond donors (Lipinski definition) is 2. The van der Waals surface area contributed by atoms with E-state index in [1.54, 1.807) is 6.92 Å². The number of rotatable bonds is 4. The predicted octanol–water partition coefficient (Wildman–Crippen LogP) is 0.582. The predicted molar refractivity (Wildman–Crippen MR) is 73.1 cm³/mol. The molecule has 0 aromatic carbocycles. The molecule has 1 aromatic heterocycles. The van der Waals surface area contributed by atoms with Crippen LogP contribution < -0.4 is 5.73 Å². The summed E-state index contributed by atoms with van der Waals surface area (Å²) in [6.45, 7) is 1.78. The topological polar surface area (TPSA) is 93.3 Å². The molecule has 2 rings (SSSR count). The van der Waals surface area contributed by atoms with E-state index in [-0.39, 0.29) is 36.6 Å². The van der Waals surface area contributed by atoms with Gasteiger partial charge < -0.3 is 10.8 Å². The highest BCUT2D eigenvalue weighted by Gasteiger charge is 2.56. The molecule has 0 radical (unpaired) electrons. The van der Waals surface area contributed by atoms with Crippen LogP contribution in [-0.4, -0.2) is 36.6 Å². The minimum absolute atomic E-state index is 0.00764. The third-order valence-electron chi connectivity index (χ3n) is 4.32. The van der Waals surface area contributed by atoms with Gasteiger partial charge in [0.15, 0.2) is 9.84 Å². The first kappa shape index (κ1) is 15.3. The Kier molecular flexibility index (Phi) is 3.88. The molecule has 2 unspecified atom stereocenters. The summed E-state index contributed by atoms with van der Waals surface area (Å²) in [6, 6.07) is 2.60. The molecule has 112 valence electrons. The molecular formula is C13H19FN2O3S. The van der Waals surface area contributed by atoms with Gasteiger partial charge in [0.05, 0.1) is 23.4 Å². The van der Waals surface area contributed by atoms with E-state index in [0.717, 1.165) is 6.20 Å². The van der Waals surface area contributed by atoms with E-state index in [2.05, 4.69) is 4.98 Å². The summed E-state index contributed by atoms with van der Waals surface area (Å²) >= 11 is 0. The Balaban J connectivity index is 2.51. The van der Waals surface area contributed by atoms with Gasteiger partial charge in [-0.2, -0.15) is 0 Å². The monoisotopic (exact) mass is 302 g/mol. The Bertz CT molecular complexity index is 590. The van der Waals surface area contributed by atoms with E-state index in [1.165, 1.54) is 12.1 Å². The van der Waals surface area contributed by atoms with E-state index < -0.39 is 26.7 Å². The van der Waals surface area contributed by atoms with Gasteiger partial charge in [-0.25, -0.2) is 12.8 Å². The number of nitrogens with zero attached hydrogens (tertiary/aromatic N) is 1. The maximum Gasteiger partial charge on any atom is 0.151 e. The molecule has 7 heteroatoms. The van der Waals surface area contributed by atoms with Gasteiger partial charge >= 0.3 is 0 Å². The first-order valence-electron chi connectivity index (χ1n) is 6.53. The standard InChI is InChI=1S/C13H19FN2O3S/c1-2-13(17,11-4-3-10(14)7-16-11)12(8-15)5-6-20(18,19)9-12/h3-4,7,17H,2,5-6,8-9,15H2,1H3. The Morgan fingerprint density at radius 2 is 2.25 bits per heavy atom. The summed E-state index contributed by atoms with van der Waals surface area (Å²) in [7, 11) is -3.22. The van der Waals surface area contributed by atoms with E-state index in [9.17, 15) is 17.9 Å². The Morgan fingerprint density at radius 3 is 2.65 bits per heavy atom. The molecule has 1 aliphatic rings. The normalized spacial score (nSPS) is 28.2. The number of aromatic nitrogens is 1. The average Bonchev–Trinajstić information content (AvgIpc) is 2.76. The van der Waals surface area contributed by atoms with Crippen LogP contribution >= 0.6 is 0 Å². The van der Waals surface area contributed by atoms with Crippen LogP contribution in [0.25, 0.3) is 0 Å². The molecule has 1 fully saturated rings. The number of pyridine rings is 1. The maximum atomic E-state index is 13.0. The number of hydrogen-bond acceptors (Lipinski definition) is 5. The number of nitrogens with two attached hydrogens (primary N) is 1. The summed E-state index contributed by atoms with van der Waals surface area (Å²) < 4.78 is 36.6. The molecule has 2 heterocycles. The largest absolute Gasteiger partial charge is 0.383 e. The lowest BCUT2D eigenvalue weighted by Gasteiger charge is -2.42. The zero-order valence-corrected chi connectivity index (χ0v) is 12.2. The SMILES string of the molecule is CCC(O)(c1ccc(F)cn1)C1(CN)CCS(=O)(=O)C1. The van der Waals surface area contributed by atoms with Crippen LogP contribution in [0.5, 0.6) is 0 Å². The van der Waals surface area contributed by atoms with E-state index in [4.69, 9.17) is 5.73 Å². The third-order valence-corrected chi connectivity index (χ3v) is 6.14. The Labute approximate surface area is 117 Å². The lowest BCUT2D eigenvalue weighted by Crippen LogP contribution is -2.51. The number of halogens is 1. The number of sulfone groups is 1. The van der Waals surface area contributed by atoms with Gasteiger partial charge in [-0.15, -0.1) is 0 Å². The highest BCUT2D eigenvalue weighted by Crippen LogP contribution is 2.48. The van der Waals surface area contributed by atoms with Crippen LogP contribution in [0.15, 0.2) is 18.3 Å². The van der Waals surface area contributed by atoms with Crippen LogP contribution in [0.1, 0.15) is 25.5 Å². The maximum absolute atomic E-state index is 13.0. The summed E-state index contributed by atoms with van der Waals surface area (Å²) in [4.78, 5) is 3.93. The van der Waals surface area contributed by atoms with Gasteiger partial charge in [0, 0.05) is 12.0 Å². The Morgan fingerprint density at radius 1 is 1.55 bits per heavy atom. The molecule has 0 bridgehead atoms. The fourth-order valence-electron chi connectivity index (χ4n) is 3.02. The van der Waals surface area contributed by atoms with Gasteiger partial charge in [0.2, 0.25) is 0 Å². The first-order chi connectivity index (χ1) is 9.28. The summed E-state index contributed by atoms with van der Waals surface area (Å²) in [5, 5.41) is 11.0. The van der Waals surface area contributed by atoms with Crippen LogP contribution in [0, 0.1) is 11.2 Å². The molecule has 0 saturated carbocycles. The van der Waals surface area contributed by atoms with Gasteiger partial charge in [-0.05, 0) is 25.0 Å². The second-order valence-corrected chi connectivity index (χ2v) is 7.59. The quantitative estimate of drug-likeness (QED) is 0.848. The first-order valence-corrected chi connectivity index (χ1v) is 8.36. The lowest BCUT2D eigenvalue weighted by atomic mass is 9.68. The van der Waals surface area contributed by atoms with Crippen LogP contribution in [0.3, 0.4) is 0 Å². The van der Waals surface area contributed by atoms with Gasteiger partial charge in [-0.3, -0.25) is 4.98 Å². The van der Waals surface area contributed by atoms with Crippen molar-refractivity contribution in [3.05, 3.63) is 29.8 Å². The highest BCUT2D eigenvalue weighted by atomic mass is 32.2. The van der Waals surface area contributed by atoms with Gasteiger partial charge in [0.1, 0.15) is 11.4 Å². The minimum Gasteiger partial charge on any atom is -0.383 e. The average molecular weight is 302 g/mol. The van der Waals surface area contributed by atoms with Crippen LogP contribution in [0.2, 0.25) is 0 Å². The van der Waals surface area contributed by atoms with Crippen molar-refractivity contribution in [3.8, 4) is 0 Å². The molecule has 1 aliphatic heterocycles. The van der Waals surface area contributed by atoms with E-state index in [0.29, 0.717) is 0 Å². The second-order valence-electron chi connectivity index (χ2n) is 5.40. The smallest absolute Gasteiger partial charge is 0.151 e. The molecule has 0 aliphatic carbocycles. The lowest BCUT2D eigenvalue weighted by molar-refractivity contribution is -0.0813. The zero-order chi connectivity index (χ0) is 15.0. The molecule has 2 atom stereocenters. The van der Waals surface area contributed by atoms with Crippen molar-refractivity contribution < 1.29 is 17.9 Å². The van der Waals surface area contributed by atoms with E-state index >= 15 is 0 Å². The minimum atomic E-state index is -3.22. The molecule has 1 aromatic rings. The fourth-order valence-corrected chi connectivity index (χ4v) is 5.21. The van der Waals surface area contributed by atoms with Crippen molar-refractivity contribution >= 4 is 9.84 Å². The highest BCUT2D eigenvalue weighted by molar-refractivity contribution is 7.91. The van der Waals surface area contributed by atoms with Crippen LogP contribution in [-0.2, 0) is 15.4 Å². The van der Waals surface area contributed by atoms with Crippen molar-refractivity contribution in [3.63, 3.8) is 0 Å². The summed E-state index contributed by atoms with van der Waals surface area (Å²) in [5.74, 6) is -0.666. The van der Waals surface area contributed by atoms with Crippen molar-refractivity contribution in [2.24, 2.45) is 11.1 Å². The van der Waals surface area contributed by atoms with E-state index in [1.807, 2.05) is 0 Å². The molecular weight excluding hydrogens is 283 g/mol. The molecule has 0 spiro atoms. The van der Waals surface area contributed by atoms with Crippen molar-refractivity contribution in [2.75, 3.05) is 18.1 Å². The summed E-state index contributed by atoms with van der Waals surface area (Å²) in [5.41, 5.74) is 3.62. The molecule has 1 saturated heterocycles. The van der Waals surface area contributed by atoms with Crippen LogP contribution in [0.4, 0.5) is 4.39 Å². The fraction of sp³-hybridized carbons (Fsp3) is 0.615. The second kappa shape index (κ2) is 5.05. The molecule has 5 nitrogen and oxygen atoms in total. The van der Waals surface area contributed by atoms with Crippen molar-refractivity contribution in [2.45, 2.75) is 25.4 Å². The molecule has 3 N–H and O–H groups in total. The number of aliphatic hydroxyl groups is 1. The third kappa shape index (κ3) is 2.34.